The highest BCUT2D eigenvalue weighted by Crippen LogP contribution is 2.14. The predicted molar refractivity (Wildman–Crippen MR) is 61.1 cm³/mol. The molecule has 0 saturated carbocycles. The van der Waals surface area contributed by atoms with E-state index in [1.54, 1.807) is 12.1 Å². The van der Waals surface area contributed by atoms with Crippen LogP contribution < -0.4 is 4.74 Å². The highest BCUT2D eigenvalue weighted by molar-refractivity contribution is 14.1. The van der Waals surface area contributed by atoms with Gasteiger partial charge in [-0.15, -0.1) is 0 Å². The van der Waals surface area contributed by atoms with Crippen LogP contribution in [0.5, 0.6) is 5.75 Å². The molecule has 0 spiro atoms. The Morgan fingerprint density at radius 2 is 2.14 bits per heavy atom. The summed E-state index contributed by atoms with van der Waals surface area (Å²) in [4.78, 5) is 0. The van der Waals surface area contributed by atoms with E-state index in [1.807, 2.05) is 12.1 Å². The molecule has 0 radical (unpaired) electrons. The molecule has 0 unspecified atom stereocenters. The molecule has 78 valence electrons. The van der Waals surface area contributed by atoms with Gasteiger partial charge in [0.15, 0.2) is 0 Å². The molecule has 0 atom stereocenters. The SMILES string of the molecule is O=S(=O)(O)CCOc1cccc(I)c1. The largest absolute Gasteiger partial charge is 0.492 e. The van der Waals surface area contributed by atoms with Crippen molar-refractivity contribution < 1.29 is 17.7 Å². The molecule has 1 N–H and O–H groups in total. The Bertz CT molecular complexity index is 402. The summed E-state index contributed by atoms with van der Waals surface area (Å²) < 4.78 is 35.3. The van der Waals surface area contributed by atoms with Crippen LogP contribution in [0.3, 0.4) is 0 Å². The second kappa shape index (κ2) is 4.94. The van der Waals surface area contributed by atoms with Gasteiger partial charge in [0.1, 0.15) is 18.1 Å². The number of benzene rings is 1. The van der Waals surface area contributed by atoms with Gasteiger partial charge in [-0.25, -0.2) is 0 Å². The van der Waals surface area contributed by atoms with E-state index in [2.05, 4.69) is 22.6 Å². The van der Waals surface area contributed by atoms with Crippen LogP contribution in [0.25, 0.3) is 0 Å². The number of hydrogen-bond donors (Lipinski definition) is 1. The molecule has 0 bridgehead atoms. The van der Waals surface area contributed by atoms with E-state index in [-0.39, 0.29) is 6.61 Å². The first-order valence-corrected chi connectivity index (χ1v) is 6.50. The van der Waals surface area contributed by atoms with Crippen LogP contribution in [0.15, 0.2) is 24.3 Å². The van der Waals surface area contributed by atoms with Gasteiger partial charge in [0.2, 0.25) is 0 Å². The number of rotatable bonds is 4. The first-order valence-electron chi connectivity index (χ1n) is 3.81. The van der Waals surface area contributed by atoms with Crippen molar-refractivity contribution in [3.05, 3.63) is 27.8 Å². The highest BCUT2D eigenvalue weighted by atomic mass is 127. The summed E-state index contributed by atoms with van der Waals surface area (Å²) >= 11 is 2.13. The molecule has 0 aliphatic carbocycles. The lowest BCUT2D eigenvalue weighted by Gasteiger charge is -2.04. The topological polar surface area (TPSA) is 63.6 Å². The van der Waals surface area contributed by atoms with E-state index in [4.69, 9.17) is 9.29 Å². The van der Waals surface area contributed by atoms with Crippen molar-refractivity contribution >= 4 is 32.7 Å². The van der Waals surface area contributed by atoms with Gasteiger partial charge in [-0.3, -0.25) is 4.55 Å². The maximum Gasteiger partial charge on any atom is 0.268 e. The third kappa shape index (κ3) is 4.77. The van der Waals surface area contributed by atoms with Crippen LogP contribution in [0, 0.1) is 3.57 Å². The Kier molecular flexibility index (Phi) is 4.14. The Balaban J connectivity index is 2.47. The standard InChI is InChI=1S/C8H9IO4S/c9-7-2-1-3-8(6-7)13-4-5-14(10,11)12/h1-3,6H,4-5H2,(H,10,11,12). The van der Waals surface area contributed by atoms with Crippen molar-refractivity contribution in [2.75, 3.05) is 12.4 Å². The van der Waals surface area contributed by atoms with Crippen LogP contribution >= 0.6 is 22.6 Å². The van der Waals surface area contributed by atoms with Gasteiger partial charge < -0.3 is 4.74 Å². The summed E-state index contributed by atoms with van der Waals surface area (Å²) in [5.74, 6) is 0.207. The molecule has 0 aliphatic rings. The lowest BCUT2D eigenvalue weighted by Crippen LogP contribution is -2.12. The molecule has 14 heavy (non-hydrogen) atoms. The smallest absolute Gasteiger partial charge is 0.268 e. The number of halogens is 1. The monoisotopic (exact) mass is 328 g/mol. The van der Waals surface area contributed by atoms with Crippen molar-refractivity contribution in [2.45, 2.75) is 0 Å². The van der Waals surface area contributed by atoms with Gasteiger partial charge in [-0.2, -0.15) is 8.42 Å². The van der Waals surface area contributed by atoms with Crippen LogP contribution in [0.2, 0.25) is 0 Å². The zero-order chi connectivity index (χ0) is 10.6. The Morgan fingerprint density at radius 3 is 2.71 bits per heavy atom. The minimum Gasteiger partial charge on any atom is -0.492 e. The fourth-order valence-electron chi connectivity index (χ4n) is 0.822. The molecular weight excluding hydrogens is 319 g/mol. The molecule has 1 rings (SSSR count). The average molecular weight is 328 g/mol. The highest BCUT2D eigenvalue weighted by Gasteiger charge is 2.04. The summed E-state index contributed by atoms with van der Waals surface area (Å²) in [6, 6.07) is 7.22. The van der Waals surface area contributed by atoms with Gasteiger partial charge in [-0.1, -0.05) is 6.07 Å². The van der Waals surface area contributed by atoms with Gasteiger partial charge in [0.05, 0.1) is 0 Å². The van der Waals surface area contributed by atoms with E-state index in [0.717, 1.165) is 3.57 Å². The summed E-state index contributed by atoms with van der Waals surface area (Å²) in [6.07, 6.45) is 0. The Hall–Kier alpha value is -0.340. The molecule has 0 saturated heterocycles. The van der Waals surface area contributed by atoms with Crippen LogP contribution in [0.1, 0.15) is 0 Å². The van der Waals surface area contributed by atoms with Gasteiger partial charge >= 0.3 is 0 Å². The second-order valence-electron chi connectivity index (χ2n) is 2.59. The Morgan fingerprint density at radius 1 is 1.43 bits per heavy atom. The summed E-state index contributed by atoms with van der Waals surface area (Å²) in [6.45, 7) is -0.0427. The molecule has 0 amide bonds. The first-order chi connectivity index (χ1) is 6.47. The lowest BCUT2D eigenvalue weighted by atomic mass is 10.3. The van der Waals surface area contributed by atoms with E-state index >= 15 is 0 Å². The van der Waals surface area contributed by atoms with Crippen LogP contribution in [-0.2, 0) is 10.1 Å². The molecule has 4 nitrogen and oxygen atoms in total. The van der Waals surface area contributed by atoms with Gasteiger partial charge in [-0.05, 0) is 40.8 Å². The van der Waals surface area contributed by atoms with Crippen molar-refractivity contribution in [1.82, 2.24) is 0 Å². The Labute approximate surface area is 96.2 Å². The normalized spacial score (nSPS) is 11.3. The summed E-state index contributed by atoms with van der Waals surface area (Å²) in [5, 5.41) is 0. The van der Waals surface area contributed by atoms with E-state index in [1.165, 1.54) is 0 Å². The van der Waals surface area contributed by atoms with Gasteiger partial charge in [0, 0.05) is 3.57 Å². The van der Waals surface area contributed by atoms with Crippen molar-refractivity contribution in [1.29, 1.82) is 0 Å². The molecule has 1 aromatic carbocycles. The summed E-state index contributed by atoms with van der Waals surface area (Å²) in [7, 11) is -3.93. The van der Waals surface area contributed by atoms with Crippen LogP contribution in [-0.4, -0.2) is 25.3 Å². The zero-order valence-corrected chi connectivity index (χ0v) is 10.2. The zero-order valence-electron chi connectivity index (χ0n) is 7.18. The predicted octanol–water partition coefficient (Wildman–Crippen LogP) is 1.56. The lowest BCUT2D eigenvalue weighted by molar-refractivity contribution is 0.335. The van der Waals surface area contributed by atoms with Crippen molar-refractivity contribution in [2.24, 2.45) is 0 Å². The third-order valence-electron chi connectivity index (χ3n) is 1.41. The van der Waals surface area contributed by atoms with Gasteiger partial charge in [0.25, 0.3) is 10.1 Å². The molecular formula is C8H9IO4S. The molecule has 0 aromatic heterocycles. The van der Waals surface area contributed by atoms with E-state index in [9.17, 15) is 8.42 Å². The molecule has 6 heteroatoms. The fraction of sp³-hybridized carbons (Fsp3) is 0.250. The number of hydrogen-bond acceptors (Lipinski definition) is 3. The van der Waals surface area contributed by atoms with Crippen molar-refractivity contribution in [3.63, 3.8) is 0 Å². The van der Waals surface area contributed by atoms with E-state index in [0.29, 0.717) is 5.75 Å². The molecule has 0 heterocycles. The molecule has 0 aliphatic heterocycles. The second-order valence-corrected chi connectivity index (χ2v) is 5.41. The minimum absolute atomic E-state index is 0.0427. The molecule has 1 aromatic rings. The van der Waals surface area contributed by atoms with Crippen molar-refractivity contribution in [3.8, 4) is 5.75 Å². The third-order valence-corrected chi connectivity index (χ3v) is 2.76. The quantitative estimate of drug-likeness (QED) is 0.673. The molecule has 0 fully saturated rings. The van der Waals surface area contributed by atoms with E-state index < -0.39 is 15.9 Å². The van der Waals surface area contributed by atoms with Crippen LogP contribution in [0.4, 0.5) is 0 Å². The average Bonchev–Trinajstić information content (AvgIpc) is 2.01. The summed E-state index contributed by atoms with van der Waals surface area (Å²) in [5.41, 5.74) is 0. The maximum absolute atomic E-state index is 10.4. The fourth-order valence-corrected chi connectivity index (χ4v) is 1.63. The number of ether oxygens (including phenoxy) is 1. The minimum atomic E-state index is -3.93. The maximum atomic E-state index is 10.4. The first kappa shape index (κ1) is 11.7.